The van der Waals surface area contributed by atoms with Crippen LogP contribution in [0.15, 0.2) is 30.5 Å². The van der Waals surface area contributed by atoms with E-state index in [9.17, 15) is 28.8 Å². The molecule has 17 heteroatoms. The quantitative estimate of drug-likeness (QED) is 0.170. The molecule has 47 heavy (non-hydrogen) atoms. The Balaban J connectivity index is 1.48. The van der Waals surface area contributed by atoms with Crippen molar-refractivity contribution in [1.29, 1.82) is 0 Å². The number of benzene rings is 1. The van der Waals surface area contributed by atoms with Crippen LogP contribution in [0.1, 0.15) is 52.9 Å². The first-order chi connectivity index (χ1) is 22.4. The lowest BCUT2D eigenvalue weighted by molar-refractivity contribution is -0.274. The zero-order chi connectivity index (χ0) is 34.1. The fourth-order valence-corrected chi connectivity index (χ4v) is 5.11. The molecule has 0 bridgehead atoms. The lowest BCUT2D eigenvalue weighted by Gasteiger charge is -2.45. The highest BCUT2D eigenvalue weighted by atomic mass is 16.7. The van der Waals surface area contributed by atoms with Crippen molar-refractivity contribution in [2.75, 3.05) is 13.7 Å². The number of amides is 3. The van der Waals surface area contributed by atoms with Crippen LogP contribution in [0.3, 0.4) is 0 Å². The molecule has 0 spiro atoms. The standard InChI is InChI=1S/C30H37N5O12/c1-17(36)31-27-29(45-19(3)38)28(44-18(2)37)23(16-34-15-22(32-33-34)20-8-7-9-21(14-20)42-4)46-30(27)43-13-6-5-10-26(41)47-35-24(39)11-12-25(35)40/h7-9,14-15,23,27-30H,5-6,10-13,16H2,1-4H3,(H,31,36). The summed E-state index contributed by atoms with van der Waals surface area (Å²) in [4.78, 5) is 77.0. The van der Waals surface area contributed by atoms with Crippen LogP contribution in [-0.4, -0.2) is 100 Å². The molecule has 1 aromatic carbocycles. The third-order valence-corrected chi connectivity index (χ3v) is 7.15. The van der Waals surface area contributed by atoms with Gasteiger partial charge in [-0.15, -0.1) is 10.2 Å². The van der Waals surface area contributed by atoms with Gasteiger partial charge in [0.15, 0.2) is 18.5 Å². The Bertz CT molecular complexity index is 1460. The average molecular weight is 660 g/mol. The molecule has 3 heterocycles. The van der Waals surface area contributed by atoms with Crippen LogP contribution in [-0.2, 0) is 59.1 Å². The maximum Gasteiger partial charge on any atom is 0.333 e. The van der Waals surface area contributed by atoms with Gasteiger partial charge >= 0.3 is 17.9 Å². The van der Waals surface area contributed by atoms with Crippen molar-refractivity contribution < 1.29 is 57.3 Å². The second-order valence-corrected chi connectivity index (χ2v) is 10.8. The minimum Gasteiger partial charge on any atom is -0.497 e. The lowest BCUT2D eigenvalue weighted by atomic mass is 9.95. The molecule has 3 amide bonds. The zero-order valence-corrected chi connectivity index (χ0v) is 26.4. The number of rotatable bonds is 14. The number of unbranched alkanes of at least 4 members (excludes halogenated alkanes) is 1. The van der Waals surface area contributed by atoms with E-state index in [4.69, 9.17) is 28.5 Å². The summed E-state index contributed by atoms with van der Waals surface area (Å²) in [6, 6.07) is 6.13. The number of nitrogens with one attached hydrogen (secondary N) is 1. The number of esters is 2. The minimum atomic E-state index is -1.21. The second kappa shape index (κ2) is 16.1. The number of hydrogen-bond acceptors (Lipinski definition) is 14. The highest BCUT2D eigenvalue weighted by Gasteiger charge is 2.51. The van der Waals surface area contributed by atoms with Gasteiger partial charge in [-0.05, 0) is 25.0 Å². The fraction of sp³-hybridized carbons (Fsp3) is 0.533. The third kappa shape index (κ3) is 9.55. The molecule has 0 aliphatic carbocycles. The molecule has 2 fully saturated rings. The molecule has 17 nitrogen and oxygen atoms in total. The SMILES string of the molecule is COc1cccc(-c2cn(CC3OC(OCCCCC(=O)ON4C(=O)CCC4=O)C(NC(C)=O)C(OC(C)=O)C3OC(C)=O)nn2)c1. The van der Waals surface area contributed by atoms with E-state index in [0.717, 1.165) is 5.56 Å². The van der Waals surface area contributed by atoms with Gasteiger partial charge in [-0.1, -0.05) is 17.3 Å². The molecule has 4 rings (SSSR count). The van der Waals surface area contributed by atoms with E-state index < -0.39 is 66.3 Å². The van der Waals surface area contributed by atoms with Crippen LogP contribution in [0.2, 0.25) is 0 Å². The smallest absolute Gasteiger partial charge is 0.333 e. The molecule has 2 aliphatic heterocycles. The maximum absolute atomic E-state index is 12.2. The summed E-state index contributed by atoms with van der Waals surface area (Å²) >= 11 is 0. The monoisotopic (exact) mass is 659 g/mol. The van der Waals surface area contributed by atoms with Crippen molar-refractivity contribution >= 4 is 35.6 Å². The van der Waals surface area contributed by atoms with Gasteiger partial charge in [-0.25, -0.2) is 9.48 Å². The van der Waals surface area contributed by atoms with Gasteiger partial charge in [0.1, 0.15) is 23.6 Å². The molecular weight excluding hydrogens is 622 g/mol. The summed E-state index contributed by atoms with van der Waals surface area (Å²) < 4.78 is 30.1. The van der Waals surface area contributed by atoms with Gasteiger partial charge in [-0.2, -0.15) is 0 Å². The molecule has 5 atom stereocenters. The molecule has 0 radical (unpaired) electrons. The average Bonchev–Trinajstić information content (AvgIpc) is 3.61. The number of aromatic nitrogens is 3. The Morgan fingerprint density at radius 2 is 1.70 bits per heavy atom. The van der Waals surface area contributed by atoms with Crippen molar-refractivity contribution in [2.24, 2.45) is 0 Å². The fourth-order valence-electron chi connectivity index (χ4n) is 5.11. The Morgan fingerprint density at radius 1 is 1.00 bits per heavy atom. The number of carbonyl (C=O) groups excluding carboxylic acids is 6. The van der Waals surface area contributed by atoms with Gasteiger partial charge in [0, 0.05) is 52.2 Å². The van der Waals surface area contributed by atoms with Gasteiger partial charge < -0.3 is 33.8 Å². The summed E-state index contributed by atoms with van der Waals surface area (Å²) in [5, 5.41) is 11.6. The van der Waals surface area contributed by atoms with E-state index in [1.807, 2.05) is 6.07 Å². The number of carbonyl (C=O) groups is 6. The van der Waals surface area contributed by atoms with Crippen LogP contribution < -0.4 is 10.1 Å². The summed E-state index contributed by atoms with van der Waals surface area (Å²) in [6.07, 6.45) is -2.44. The van der Waals surface area contributed by atoms with Crippen molar-refractivity contribution in [3.63, 3.8) is 0 Å². The number of nitrogens with zero attached hydrogens (tertiary/aromatic N) is 4. The van der Waals surface area contributed by atoms with E-state index in [2.05, 4.69) is 15.6 Å². The van der Waals surface area contributed by atoms with Crippen LogP contribution in [0.4, 0.5) is 0 Å². The second-order valence-electron chi connectivity index (χ2n) is 10.8. The summed E-state index contributed by atoms with van der Waals surface area (Å²) in [5.41, 5.74) is 1.27. The Labute approximate surface area is 269 Å². The van der Waals surface area contributed by atoms with Crippen molar-refractivity contribution in [2.45, 2.75) is 90.1 Å². The minimum absolute atomic E-state index is 0.00915. The molecule has 1 N–H and O–H groups in total. The molecule has 5 unspecified atom stereocenters. The highest BCUT2D eigenvalue weighted by Crippen LogP contribution is 2.29. The van der Waals surface area contributed by atoms with Crippen LogP contribution in [0, 0.1) is 0 Å². The van der Waals surface area contributed by atoms with Crippen molar-refractivity contribution in [1.82, 2.24) is 25.4 Å². The van der Waals surface area contributed by atoms with Crippen LogP contribution >= 0.6 is 0 Å². The molecular formula is C30H37N5O12. The largest absolute Gasteiger partial charge is 0.497 e. The van der Waals surface area contributed by atoms with Gasteiger partial charge in [0.25, 0.3) is 11.8 Å². The zero-order valence-electron chi connectivity index (χ0n) is 26.4. The number of methoxy groups -OCH3 is 1. The Kier molecular flexibility index (Phi) is 12.0. The maximum atomic E-state index is 12.2. The normalized spacial score (nSPS) is 22.5. The van der Waals surface area contributed by atoms with Gasteiger partial charge in [0.2, 0.25) is 5.91 Å². The number of hydroxylamine groups is 2. The lowest BCUT2D eigenvalue weighted by Crippen LogP contribution is -2.66. The van der Waals surface area contributed by atoms with E-state index in [1.54, 1.807) is 31.5 Å². The molecule has 1 aromatic heterocycles. The summed E-state index contributed by atoms with van der Waals surface area (Å²) in [7, 11) is 1.55. The van der Waals surface area contributed by atoms with E-state index in [1.165, 1.54) is 25.5 Å². The number of imide groups is 1. The first-order valence-corrected chi connectivity index (χ1v) is 14.9. The summed E-state index contributed by atoms with van der Waals surface area (Å²) in [6.45, 7) is 3.63. The first-order valence-electron chi connectivity index (χ1n) is 14.9. The molecule has 0 saturated carbocycles. The predicted octanol–water partition coefficient (Wildman–Crippen LogP) is 0.841. The van der Waals surface area contributed by atoms with E-state index >= 15 is 0 Å². The molecule has 2 aliphatic rings. The highest BCUT2D eigenvalue weighted by molar-refractivity contribution is 6.01. The third-order valence-electron chi connectivity index (χ3n) is 7.15. The summed E-state index contributed by atoms with van der Waals surface area (Å²) in [5.74, 6) is -3.13. The first kappa shape index (κ1) is 35.0. The number of hydrogen-bond donors (Lipinski definition) is 1. The van der Waals surface area contributed by atoms with Crippen molar-refractivity contribution in [3.8, 4) is 17.0 Å². The predicted molar refractivity (Wildman–Crippen MR) is 156 cm³/mol. The van der Waals surface area contributed by atoms with E-state index in [0.29, 0.717) is 22.9 Å². The molecule has 254 valence electrons. The topological polar surface area (TPSA) is 204 Å². The van der Waals surface area contributed by atoms with Crippen LogP contribution in [0.5, 0.6) is 5.75 Å². The van der Waals surface area contributed by atoms with Crippen LogP contribution in [0.25, 0.3) is 11.3 Å². The Morgan fingerprint density at radius 3 is 2.36 bits per heavy atom. The van der Waals surface area contributed by atoms with Crippen molar-refractivity contribution in [3.05, 3.63) is 30.5 Å². The molecule has 2 aromatic rings. The van der Waals surface area contributed by atoms with Gasteiger partial charge in [0.05, 0.1) is 19.9 Å². The Hall–Kier alpha value is -4.90. The van der Waals surface area contributed by atoms with E-state index in [-0.39, 0.29) is 38.8 Å². The number of ether oxygens (including phenoxy) is 5. The van der Waals surface area contributed by atoms with Gasteiger partial charge in [-0.3, -0.25) is 24.0 Å². The molecule has 2 saturated heterocycles.